The molecule has 0 saturated carbocycles. The van der Waals surface area contributed by atoms with Crippen LogP contribution >= 0.6 is 23.5 Å². The van der Waals surface area contributed by atoms with Crippen LogP contribution in [0.1, 0.15) is 61.6 Å². The number of anilines is 1. The van der Waals surface area contributed by atoms with Gasteiger partial charge in [-0.05, 0) is 66.0 Å². The molecule has 2 amide bonds. The Labute approximate surface area is 273 Å². The van der Waals surface area contributed by atoms with Crippen molar-refractivity contribution < 1.29 is 28.6 Å². The van der Waals surface area contributed by atoms with Gasteiger partial charge >= 0.3 is 12.1 Å². The van der Waals surface area contributed by atoms with Crippen molar-refractivity contribution in [2.45, 2.75) is 55.1 Å². The summed E-state index contributed by atoms with van der Waals surface area (Å²) in [4.78, 5) is 38.0. The number of benzene rings is 3. The number of carbonyl (C=O) groups excluding carboxylic acids is 3. The molecule has 1 heterocycles. The summed E-state index contributed by atoms with van der Waals surface area (Å²) in [5.41, 5.74) is 6.20. The molecular weight excluding hydrogens is 609 g/mol. The van der Waals surface area contributed by atoms with Gasteiger partial charge < -0.3 is 24.8 Å². The largest absolute Gasteiger partial charge is 0.497 e. The first-order chi connectivity index (χ1) is 21.8. The number of amides is 2. The van der Waals surface area contributed by atoms with Crippen molar-refractivity contribution in [2.75, 3.05) is 37.6 Å². The van der Waals surface area contributed by atoms with Crippen LogP contribution in [0.5, 0.6) is 5.75 Å². The van der Waals surface area contributed by atoms with Crippen molar-refractivity contribution >= 4 is 47.2 Å². The number of esters is 1. The summed E-state index contributed by atoms with van der Waals surface area (Å²) < 4.78 is 15.7. The van der Waals surface area contributed by atoms with Crippen molar-refractivity contribution in [3.63, 3.8) is 0 Å². The molecule has 1 aliphatic carbocycles. The number of hydrogen-bond donors (Lipinski definition) is 2. The van der Waals surface area contributed by atoms with E-state index in [0.717, 1.165) is 65.0 Å². The highest BCUT2D eigenvalue weighted by atomic mass is 32.2. The molecule has 2 N–H and O–H groups in total. The van der Waals surface area contributed by atoms with Gasteiger partial charge in [-0.25, -0.2) is 4.79 Å². The first-order valence-corrected chi connectivity index (χ1v) is 17.3. The molecular formula is C35H40N2O6S2. The molecule has 0 spiro atoms. The number of rotatable bonds is 12. The van der Waals surface area contributed by atoms with E-state index in [2.05, 4.69) is 34.9 Å². The van der Waals surface area contributed by atoms with Gasteiger partial charge in [0.25, 0.3) is 0 Å². The van der Waals surface area contributed by atoms with Crippen LogP contribution in [-0.4, -0.2) is 56.3 Å². The van der Waals surface area contributed by atoms with E-state index in [1.165, 1.54) is 7.11 Å². The molecule has 1 saturated heterocycles. The molecule has 10 heteroatoms. The lowest BCUT2D eigenvalue weighted by molar-refractivity contribution is -0.140. The minimum absolute atomic E-state index is 0.0686. The van der Waals surface area contributed by atoms with Crippen LogP contribution in [0.4, 0.5) is 10.5 Å². The second-order valence-corrected chi connectivity index (χ2v) is 14.2. The Kier molecular flexibility index (Phi) is 11.0. The Morgan fingerprint density at radius 2 is 1.60 bits per heavy atom. The zero-order valence-electron chi connectivity index (χ0n) is 25.9. The molecule has 238 valence electrons. The first-order valence-electron chi connectivity index (χ1n) is 15.3. The molecule has 2 aliphatic rings. The predicted octanol–water partition coefficient (Wildman–Crippen LogP) is 7.32. The number of unbranched alkanes of at least 4 members (excludes halogenated alkanes) is 1. The Hall–Kier alpha value is -3.63. The first kappa shape index (κ1) is 32.8. The number of nitrogens with one attached hydrogen (secondary N) is 2. The monoisotopic (exact) mass is 648 g/mol. The summed E-state index contributed by atoms with van der Waals surface area (Å²) in [6.45, 7) is 1.81. The van der Waals surface area contributed by atoms with Crippen LogP contribution in [0.25, 0.3) is 11.1 Å². The number of thioether (sulfide) groups is 2. The molecule has 1 fully saturated rings. The van der Waals surface area contributed by atoms with Crippen LogP contribution < -0.4 is 15.4 Å². The van der Waals surface area contributed by atoms with E-state index in [0.29, 0.717) is 17.9 Å². The van der Waals surface area contributed by atoms with Crippen LogP contribution in [0.3, 0.4) is 0 Å². The van der Waals surface area contributed by atoms with Crippen molar-refractivity contribution in [3.05, 3.63) is 83.4 Å². The standard InChI is InChI=1S/C35H40N2O6S2/c1-23(36-34(40)43-22-29-27-13-6-4-11-25(27)26-12-5-7-14-28(26)29)33(39)37-31-21-24(41-2)16-17-30(31)35(44-19-10-20-45-35)18-9-8-15-32(38)42-3/h4-7,11-14,16-17,21,23,29H,8-10,15,18-20,22H2,1-3H3,(H,36,40)(H,37,39). The third-order valence-corrected chi connectivity index (χ3v) is 11.8. The number of hydrogen-bond acceptors (Lipinski definition) is 8. The average Bonchev–Trinajstić information content (AvgIpc) is 3.39. The summed E-state index contributed by atoms with van der Waals surface area (Å²) in [7, 11) is 3.00. The van der Waals surface area contributed by atoms with Gasteiger partial charge in [0.2, 0.25) is 5.91 Å². The Morgan fingerprint density at radius 3 is 2.24 bits per heavy atom. The predicted molar refractivity (Wildman–Crippen MR) is 181 cm³/mol. The molecule has 8 nitrogen and oxygen atoms in total. The van der Waals surface area contributed by atoms with Gasteiger partial charge in [0.15, 0.2) is 0 Å². The molecule has 5 rings (SSSR count). The molecule has 3 aromatic carbocycles. The van der Waals surface area contributed by atoms with Gasteiger partial charge in [0.1, 0.15) is 18.4 Å². The fourth-order valence-electron chi connectivity index (χ4n) is 5.95. The summed E-state index contributed by atoms with van der Waals surface area (Å²) >= 11 is 3.75. The van der Waals surface area contributed by atoms with E-state index < -0.39 is 12.1 Å². The number of fused-ring (bicyclic) bond motifs is 3. The van der Waals surface area contributed by atoms with Crippen molar-refractivity contribution in [1.29, 1.82) is 0 Å². The van der Waals surface area contributed by atoms with Crippen LogP contribution in [0.15, 0.2) is 66.7 Å². The number of ether oxygens (including phenoxy) is 3. The van der Waals surface area contributed by atoms with E-state index >= 15 is 0 Å². The third kappa shape index (κ3) is 7.61. The molecule has 0 aromatic heterocycles. The van der Waals surface area contributed by atoms with Gasteiger partial charge in [0.05, 0.1) is 18.3 Å². The summed E-state index contributed by atoms with van der Waals surface area (Å²) in [5.74, 6) is 2.00. The maximum absolute atomic E-state index is 13.5. The SMILES string of the molecule is COC(=O)CCCCC1(c2ccc(OC)cc2NC(=O)C(C)NC(=O)OCC2c3ccccc3-c3ccccc32)SCCCS1. The van der Waals surface area contributed by atoms with E-state index in [1.54, 1.807) is 14.0 Å². The topological polar surface area (TPSA) is 103 Å². The zero-order chi connectivity index (χ0) is 31.8. The second-order valence-electron chi connectivity index (χ2n) is 11.2. The molecule has 0 radical (unpaired) electrons. The second kappa shape index (κ2) is 15.1. The number of methoxy groups -OCH3 is 2. The van der Waals surface area contributed by atoms with Crippen molar-refractivity contribution in [2.24, 2.45) is 0 Å². The zero-order valence-corrected chi connectivity index (χ0v) is 27.6. The Bertz CT molecular complexity index is 1480. The lowest BCUT2D eigenvalue weighted by Gasteiger charge is -2.38. The molecule has 1 aliphatic heterocycles. The maximum atomic E-state index is 13.5. The minimum atomic E-state index is -0.845. The molecule has 1 unspecified atom stereocenters. The maximum Gasteiger partial charge on any atom is 0.407 e. The number of carbonyl (C=O) groups is 3. The van der Waals surface area contributed by atoms with E-state index in [-0.39, 0.29) is 28.5 Å². The third-order valence-electron chi connectivity index (χ3n) is 8.29. The van der Waals surface area contributed by atoms with E-state index in [9.17, 15) is 14.4 Å². The normalized spacial score (nSPS) is 15.7. The van der Waals surface area contributed by atoms with Gasteiger partial charge in [0, 0.05) is 29.7 Å². The Balaban J connectivity index is 1.25. The number of alkyl carbamates (subject to hydrolysis) is 1. The quantitative estimate of drug-likeness (QED) is 0.156. The molecule has 1 atom stereocenters. The highest BCUT2D eigenvalue weighted by Crippen LogP contribution is 2.56. The van der Waals surface area contributed by atoms with Gasteiger partial charge in [-0.1, -0.05) is 61.0 Å². The van der Waals surface area contributed by atoms with Crippen molar-refractivity contribution in [3.8, 4) is 16.9 Å². The molecule has 3 aromatic rings. The average molecular weight is 649 g/mol. The summed E-state index contributed by atoms with van der Waals surface area (Å²) in [6, 6.07) is 21.2. The highest BCUT2D eigenvalue weighted by molar-refractivity contribution is 8.18. The van der Waals surface area contributed by atoms with Gasteiger partial charge in [-0.15, -0.1) is 23.5 Å². The lowest BCUT2D eigenvalue weighted by Crippen LogP contribution is -2.42. The van der Waals surface area contributed by atoms with Crippen LogP contribution in [0.2, 0.25) is 0 Å². The van der Waals surface area contributed by atoms with Gasteiger partial charge in [-0.2, -0.15) is 0 Å². The lowest BCUT2D eigenvalue weighted by atomic mass is 9.98. The smallest absolute Gasteiger partial charge is 0.407 e. The van der Waals surface area contributed by atoms with E-state index in [4.69, 9.17) is 14.2 Å². The summed E-state index contributed by atoms with van der Waals surface area (Å²) in [5, 5.41) is 5.77. The highest BCUT2D eigenvalue weighted by Gasteiger charge is 2.38. The van der Waals surface area contributed by atoms with Crippen LogP contribution in [0, 0.1) is 0 Å². The fraction of sp³-hybridized carbons (Fsp3) is 0.400. The fourth-order valence-corrected chi connectivity index (χ4v) is 9.44. The van der Waals surface area contributed by atoms with Crippen LogP contribution in [-0.2, 0) is 23.1 Å². The van der Waals surface area contributed by atoms with E-state index in [1.807, 2.05) is 66.0 Å². The summed E-state index contributed by atoms with van der Waals surface area (Å²) in [6.07, 6.45) is 3.25. The van der Waals surface area contributed by atoms with Gasteiger partial charge in [-0.3, -0.25) is 9.59 Å². The minimum Gasteiger partial charge on any atom is -0.497 e. The molecule has 45 heavy (non-hydrogen) atoms. The van der Waals surface area contributed by atoms with Crippen molar-refractivity contribution in [1.82, 2.24) is 5.32 Å². The Morgan fingerprint density at radius 1 is 0.933 bits per heavy atom. The molecule has 0 bridgehead atoms.